The quantitative estimate of drug-likeness (QED) is 0.870. The fraction of sp³-hybridized carbons (Fsp3) is 0.500. The molecule has 2 N–H and O–H groups in total. The number of carbonyl (C=O) groups excluding carboxylic acids is 3. The summed E-state index contributed by atoms with van der Waals surface area (Å²) < 4.78 is 0. The number of thioether (sulfide) groups is 1. The van der Waals surface area contributed by atoms with E-state index >= 15 is 0 Å². The number of hydrogen-bond donors (Lipinski definition) is 2. The maximum absolute atomic E-state index is 11.7. The van der Waals surface area contributed by atoms with Gasteiger partial charge in [-0.05, 0) is 0 Å². The molecule has 1 aromatic rings. The fourth-order valence-electron chi connectivity index (χ4n) is 1.38. The molecule has 19 heavy (non-hydrogen) atoms. The van der Waals surface area contributed by atoms with Gasteiger partial charge in [0, 0.05) is 12.3 Å². The van der Waals surface area contributed by atoms with Crippen molar-refractivity contribution in [1.82, 2.24) is 15.5 Å². The highest BCUT2D eigenvalue weighted by Gasteiger charge is 2.33. The average Bonchev–Trinajstić information content (AvgIpc) is 2.87. The van der Waals surface area contributed by atoms with Gasteiger partial charge in [-0.3, -0.25) is 19.7 Å². The molecule has 1 fully saturated rings. The van der Waals surface area contributed by atoms with Crippen LogP contribution in [-0.2, 0) is 9.59 Å². The number of rotatable bonds is 4. The van der Waals surface area contributed by atoms with Gasteiger partial charge in [0.25, 0.3) is 5.24 Å². The number of nitrogens with zero attached hydrogens (tertiary/aromatic N) is 2. The second kappa shape index (κ2) is 5.66. The van der Waals surface area contributed by atoms with E-state index in [1.807, 2.05) is 13.8 Å². The molecular weight excluding hydrogens is 288 g/mol. The topological polar surface area (TPSA) is 101 Å². The monoisotopic (exact) mass is 300 g/mol. The van der Waals surface area contributed by atoms with Crippen molar-refractivity contribution < 1.29 is 14.4 Å². The summed E-state index contributed by atoms with van der Waals surface area (Å²) in [6, 6.07) is 0. The average molecular weight is 300 g/mol. The van der Waals surface area contributed by atoms with Crippen LogP contribution in [0.4, 0.5) is 9.93 Å². The largest absolute Gasteiger partial charge is 0.300 e. The van der Waals surface area contributed by atoms with Crippen LogP contribution in [0.5, 0.6) is 0 Å². The number of carbonyl (C=O) groups is 3. The zero-order chi connectivity index (χ0) is 14.0. The van der Waals surface area contributed by atoms with Crippen LogP contribution in [0.25, 0.3) is 0 Å². The molecule has 2 heterocycles. The van der Waals surface area contributed by atoms with Gasteiger partial charge in [0.1, 0.15) is 10.3 Å². The van der Waals surface area contributed by atoms with Gasteiger partial charge in [0.05, 0.1) is 0 Å². The van der Waals surface area contributed by atoms with Gasteiger partial charge in [-0.25, -0.2) is 0 Å². The lowest BCUT2D eigenvalue weighted by Gasteiger charge is -2.03. The Morgan fingerprint density at radius 3 is 2.68 bits per heavy atom. The normalized spacial score (nSPS) is 18.8. The molecule has 1 aliphatic heterocycles. The van der Waals surface area contributed by atoms with E-state index < -0.39 is 16.4 Å². The van der Waals surface area contributed by atoms with Crippen LogP contribution in [-0.4, -0.2) is 32.5 Å². The SMILES string of the molecule is CC(C)c1nnc(NC(=O)CC2SC(=O)NC2=O)s1. The molecule has 0 saturated carbocycles. The summed E-state index contributed by atoms with van der Waals surface area (Å²) in [4.78, 5) is 34.0. The predicted octanol–water partition coefficient (Wildman–Crippen LogP) is 1.34. The van der Waals surface area contributed by atoms with E-state index in [0.717, 1.165) is 16.8 Å². The number of imide groups is 1. The van der Waals surface area contributed by atoms with Gasteiger partial charge in [-0.1, -0.05) is 36.9 Å². The Kier molecular flexibility index (Phi) is 4.15. The highest BCUT2D eigenvalue weighted by atomic mass is 32.2. The molecular formula is C10H12N4O3S2. The Morgan fingerprint density at radius 2 is 2.16 bits per heavy atom. The number of amides is 3. The Labute approximate surface area is 117 Å². The zero-order valence-electron chi connectivity index (χ0n) is 10.3. The van der Waals surface area contributed by atoms with Gasteiger partial charge in [-0.15, -0.1) is 10.2 Å². The van der Waals surface area contributed by atoms with Crippen molar-refractivity contribution in [3.8, 4) is 0 Å². The van der Waals surface area contributed by atoms with E-state index in [4.69, 9.17) is 0 Å². The van der Waals surface area contributed by atoms with Gasteiger partial charge in [0.2, 0.25) is 16.9 Å². The van der Waals surface area contributed by atoms with Gasteiger partial charge >= 0.3 is 0 Å². The molecule has 1 atom stereocenters. The maximum Gasteiger partial charge on any atom is 0.286 e. The molecule has 7 nitrogen and oxygen atoms in total. The minimum Gasteiger partial charge on any atom is -0.300 e. The van der Waals surface area contributed by atoms with Crippen molar-refractivity contribution in [3.05, 3.63) is 5.01 Å². The molecule has 9 heteroatoms. The fourth-order valence-corrected chi connectivity index (χ4v) is 2.97. The second-order valence-corrected chi connectivity index (χ2v) is 6.42. The van der Waals surface area contributed by atoms with Gasteiger partial charge in [-0.2, -0.15) is 0 Å². The lowest BCUT2D eigenvalue weighted by atomic mass is 10.2. The van der Waals surface area contributed by atoms with Crippen LogP contribution in [0.1, 0.15) is 31.2 Å². The Morgan fingerprint density at radius 1 is 1.42 bits per heavy atom. The lowest BCUT2D eigenvalue weighted by molar-refractivity contribution is -0.122. The highest BCUT2D eigenvalue weighted by molar-refractivity contribution is 8.15. The maximum atomic E-state index is 11.7. The van der Waals surface area contributed by atoms with Crippen molar-refractivity contribution in [3.63, 3.8) is 0 Å². The second-order valence-electron chi connectivity index (χ2n) is 4.24. The standard InChI is InChI=1S/C10H12N4O3S2/c1-4(2)8-13-14-9(19-8)11-6(15)3-5-7(16)12-10(17)18-5/h4-5H,3H2,1-2H3,(H,11,14,15)(H,12,16,17). The third-order valence-corrected chi connectivity index (χ3v) is 4.44. The van der Waals surface area contributed by atoms with E-state index in [0.29, 0.717) is 5.13 Å². The molecule has 2 rings (SSSR count). The van der Waals surface area contributed by atoms with E-state index in [1.54, 1.807) is 0 Å². The number of nitrogens with one attached hydrogen (secondary N) is 2. The Balaban J connectivity index is 1.90. The first-order valence-electron chi connectivity index (χ1n) is 5.60. The summed E-state index contributed by atoms with van der Waals surface area (Å²) in [5.41, 5.74) is 0. The molecule has 0 spiro atoms. The summed E-state index contributed by atoms with van der Waals surface area (Å²) >= 11 is 2.13. The summed E-state index contributed by atoms with van der Waals surface area (Å²) in [6.45, 7) is 3.97. The minimum absolute atomic E-state index is 0.0567. The van der Waals surface area contributed by atoms with Crippen molar-refractivity contribution in [2.24, 2.45) is 0 Å². The molecule has 1 aromatic heterocycles. The van der Waals surface area contributed by atoms with Gasteiger partial charge in [0.15, 0.2) is 0 Å². The number of aromatic nitrogens is 2. The van der Waals surface area contributed by atoms with Crippen LogP contribution in [0.3, 0.4) is 0 Å². The van der Waals surface area contributed by atoms with E-state index in [1.165, 1.54) is 11.3 Å². The summed E-state index contributed by atoms with van der Waals surface area (Å²) in [5, 5.41) is 12.7. The zero-order valence-corrected chi connectivity index (χ0v) is 11.9. The molecule has 0 aromatic carbocycles. The Hall–Kier alpha value is -1.48. The van der Waals surface area contributed by atoms with Gasteiger partial charge < -0.3 is 5.32 Å². The van der Waals surface area contributed by atoms with E-state index in [-0.39, 0.29) is 18.2 Å². The third kappa shape index (κ3) is 3.51. The molecule has 3 amide bonds. The lowest BCUT2D eigenvalue weighted by Crippen LogP contribution is -2.27. The summed E-state index contributed by atoms with van der Waals surface area (Å²) in [6.07, 6.45) is -0.0567. The van der Waals surface area contributed by atoms with E-state index in [9.17, 15) is 14.4 Å². The molecule has 0 radical (unpaired) electrons. The minimum atomic E-state index is -0.662. The smallest absolute Gasteiger partial charge is 0.286 e. The van der Waals surface area contributed by atoms with Crippen molar-refractivity contribution >= 4 is 45.3 Å². The first kappa shape index (κ1) is 13.9. The molecule has 0 aliphatic carbocycles. The summed E-state index contributed by atoms with van der Waals surface area (Å²) in [7, 11) is 0. The van der Waals surface area contributed by atoms with Crippen molar-refractivity contribution in [2.45, 2.75) is 31.4 Å². The van der Waals surface area contributed by atoms with Crippen molar-refractivity contribution in [1.29, 1.82) is 0 Å². The van der Waals surface area contributed by atoms with E-state index in [2.05, 4.69) is 20.8 Å². The molecule has 1 unspecified atom stereocenters. The van der Waals surface area contributed by atoms with Crippen LogP contribution in [0, 0.1) is 0 Å². The van der Waals surface area contributed by atoms with Crippen LogP contribution in [0.15, 0.2) is 0 Å². The Bertz CT molecular complexity index is 529. The number of hydrogen-bond acceptors (Lipinski definition) is 7. The summed E-state index contributed by atoms with van der Waals surface area (Å²) in [5.74, 6) is -0.531. The third-order valence-electron chi connectivity index (χ3n) is 2.32. The molecule has 102 valence electrons. The van der Waals surface area contributed by atoms with Crippen LogP contribution >= 0.6 is 23.1 Å². The highest BCUT2D eigenvalue weighted by Crippen LogP contribution is 2.24. The molecule has 1 aliphatic rings. The first-order valence-corrected chi connectivity index (χ1v) is 7.30. The van der Waals surface area contributed by atoms with Crippen LogP contribution in [0.2, 0.25) is 0 Å². The molecule has 0 bridgehead atoms. The van der Waals surface area contributed by atoms with Crippen LogP contribution < -0.4 is 10.6 Å². The first-order chi connectivity index (χ1) is 8.95. The molecule has 1 saturated heterocycles. The number of anilines is 1. The van der Waals surface area contributed by atoms with Crippen molar-refractivity contribution in [2.75, 3.05) is 5.32 Å². The predicted molar refractivity (Wildman–Crippen MR) is 72.2 cm³/mol.